The van der Waals surface area contributed by atoms with Gasteiger partial charge in [-0.1, -0.05) is 25.5 Å². The second-order valence-corrected chi connectivity index (χ2v) is 9.57. The number of hydrogen-bond donors (Lipinski definition) is 2. The van der Waals surface area contributed by atoms with E-state index in [4.69, 9.17) is 0 Å². The minimum absolute atomic E-state index is 0.0370. The van der Waals surface area contributed by atoms with Crippen molar-refractivity contribution in [1.29, 1.82) is 0 Å². The largest absolute Gasteiger partial charge is 0.393 e. The predicted molar refractivity (Wildman–Crippen MR) is 93.3 cm³/mol. The molecule has 0 aromatic carbocycles. The standard InChI is InChI=1S/C21H32O3/c1-13(22)21(24)11-8-18-16-5-4-14-12-15(23)6-9-19(14,2)17(16)7-10-20(18,21)3/h4,15-18,23-24H,5-12H2,1-3H3/t15-,16+,17-,18+,19+,20+,21-/m1/s1. The Bertz CT molecular complexity index is 596. The summed E-state index contributed by atoms with van der Waals surface area (Å²) in [7, 11) is 0. The summed E-state index contributed by atoms with van der Waals surface area (Å²) in [5, 5.41) is 21.2. The summed E-state index contributed by atoms with van der Waals surface area (Å²) in [4.78, 5) is 12.2. The van der Waals surface area contributed by atoms with E-state index < -0.39 is 5.60 Å². The van der Waals surface area contributed by atoms with E-state index in [1.807, 2.05) is 0 Å². The van der Waals surface area contributed by atoms with Gasteiger partial charge in [-0.05, 0) is 81.5 Å². The molecule has 0 radical (unpaired) electrons. The van der Waals surface area contributed by atoms with Crippen molar-refractivity contribution in [1.82, 2.24) is 0 Å². The van der Waals surface area contributed by atoms with Crippen molar-refractivity contribution in [3.63, 3.8) is 0 Å². The maximum atomic E-state index is 12.2. The van der Waals surface area contributed by atoms with Crippen LogP contribution in [0.15, 0.2) is 11.6 Å². The van der Waals surface area contributed by atoms with Gasteiger partial charge in [-0.15, -0.1) is 0 Å². The lowest BCUT2D eigenvalue weighted by Gasteiger charge is -2.58. The highest BCUT2D eigenvalue weighted by Crippen LogP contribution is 2.67. The molecule has 24 heavy (non-hydrogen) atoms. The number of fused-ring (bicyclic) bond motifs is 5. The number of carbonyl (C=O) groups is 1. The first-order chi connectivity index (χ1) is 11.2. The van der Waals surface area contributed by atoms with E-state index in [1.165, 1.54) is 5.57 Å². The topological polar surface area (TPSA) is 57.5 Å². The Balaban J connectivity index is 1.69. The molecule has 4 rings (SSSR count). The van der Waals surface area contributed by atoms with Crippen LogP contribution in [0.4, 0.5) is 0 Å². The molecule has 0 saturated heterocycles. The second kappa shape index (κ2) is 5.17. The maximum absolute atomic E-state index is 12.2. The van der Waals surface area contributed by atoms with Crippen LogP contribution in [0, 0.1) is 28.6 Å². The van der Waals surface area contributed by atoms with E-state index in [9.17, 15) is 15.0 Å². The molecular weight excluding hydrogens is 300 g/mol. The van der Waals surface area contributed by atoms with Crippen LogP contribution in [0.25, 0.3) is 0 Å². The van der Waals surface area contributed by atoms with Crippen molar-refractivity contribution < 1.29 is 15.0 Å². The van der Waals surface area contributed by atoms with Crippen molar-refractivity contribution in [2.45, 2.75) is 83.8 Å². The normalized spacial score (nSPS) is 53.6. The highest BCUT2D eigenvalue weighted by molar-refractivity contribution is 5.86. The van der Waals surface area contributed by atoms with Gasteiger partial charge in [0.1, 0.15) is 5.60 Å². The van der Waals surface area contributed by atoms with Gasteiger partial charge in [-0.25, -0.2) is 0 Å². The molecule has 0 heterocycles. The van der Waals surface area contributed by atoms with Crippen LogP contribution in [0.5, 0.6) is 0 Å². The third-order valence-electron chi connectivity index (χ3n) is 8.81. The van der Waals surface area contributed by atoms with Crippen LogP contribution < -0.4 is 0 Å². The molecule has 0 spiro atoms. The summed E-state index contributed by atoms with van der Waals surface area (Å²) < 4.78 is 0. The minimum atomic E-state index is -1.11. The Morgan fingerprint density at radius 1 is 1.12 bits per heavy atom. The molecule has 0 aromatic rings. The Morgan fingerprint density at radius 2 is 1.83 bits per heavy atom. The van der Waals surface area contributed by atoms with Gasteiger partial charge in [0.25, 0.3) is 0 Å². The smallest absolute Gasteiger partial charge is 0.161 e. The molecule has 4 aliphatic carbocycles. The van der Waals surface area contributed by atoms with E-state index in [2.05, 4.69) is 19.9 Å². The summed E-state index contributed by atoms with van der Waals surface area (Å²) in [6, 6.07) is 0. The lowest BCUT2D eigenvalue weighted by Crippen LogP contribution is -2.56. The van der Waals surface area contributed by atoms with Gasteiger partial charge in [0, 0.05) is 5.41 Å². The molecule has 0 aromatic heterocycles. The summed E-state index contributed by atoms with van der Waals surface area (Å²) in [5.41, 5.74) is 0.331. The number of aliphatic hydroxyl groups excluding tert-OH is 1. The third kappa shape index (κ3) is 1.94. The molecule has 0 bridgehead atoms. The predicted octanol–water partition coefficient (Wildman–Crippen LogP) is 3.63. The average Bonchev–Trinajstić information content (AvgIpc) is 2.81. The lowest BCUT2D eigenvalue weighted by molar-refractivity contribution is -0.159. The van der Waals surface area contributed by atoms with E-state index in [1.54, 1.807) is 6.92 Å². The number of ketones is 1. The van der Waals surface area contributed by atoms with Crippen LogP contribution in [0.1, 0.15) is 72.1 Å². The summed E-state index contributed by atoms with van der Waals surface area (Å²) in [6.45, 7) is 6.16. The quantitative estimate of drug-likeness (QED) is 0.721. The van der Waals surface area contributed by atoms with E-state index in [0.717, 1.165) is 44.9 Å². The van der Waals surface area contributed by atoms with Crippen molar-refractivity contribution in [3.05, 3.63) is 11.6 Å². The molecule has 0 amide bonds. The molecule has 3 nitrogen and oxygen atoms in total. The number of hydrogen-bond acceptors (Lipinski definition) is 3. The number of carbonyl (C=O) groups excluding carboxylic acids is 1. The average molecular weight is 332 g/mol. The molecule has 0 aliphatic heterocycles. The van der Waals surface area contributed by atoms with Gasteiger partial charge < -0.3 is 10.2 Å². The van der Waals surface area contributed by atoms with Crippen molar-refractivity contribution in [2.24, 2.45) is 28.6 Å². The molecule has 3 heteroatoms. The number of rotatable bonds is 1. The van der Waals surface area contributed by atoms with Crippen LogP contribution >= 0.6 is 0 Å². The SMILES string of the molecule is CC(=O)[C@]1(O)CC[C@H]2[C@H]3CC=C4C[C@H](O)CC[C@]4(C)[C@@H]3CC[C@@]21C. The number of allylic oxidation sites excluding steroid dienone is 1. The first-order valence-corrected chi connectivity index (χ1v) is 9.83. The lowest BCUT2D eigenvalue weighted by atomic mass is 9.47. The zero-order valence-corrected chi connectivity index (χ0v) is 15.3. The molecular formula is C21H32O3. The fraction of sp³-hybridized carbons (Fsp3) is 0.857. The molecule has 4 aliphatic rings. The summed E-state index contributed by atoms with van der Waals surface area (Å²) >= 11 is 0. The van der Waals surface area contributed by atoms with Crippen LogP contribution in [-0.2, 0) is 4.79 Å². The Morgan fingerprint density at radius 3 is 2.54 bits per heavy atom. The fourth-order valence-corrected chi connectivity index (χ4v) is 7.24. The molecule has 0 unspecified atom stereocenters. The van der Waals surface area contributed by atoms with E-state index in [-0.39, 0.29) is 22.7 Å². The van der Waals surface area contributed by atoms with Gasteiger partial charge in [-0.2, -0.15) is 0 Å². The van der Waals surface area contributed by atoms with Crippen molar-refractivity contribution in [2.75, 3.05) is 0 Å². The first-order valence-electron chi connectivity index (χ1n) is 9.83. The fourth-order valence-electron chi connectivity index (χ4n) is 7.24. The molecule has 2 N–H and O–H groups in total. The van der Waals surface area contributed by atoms with Crippen molar-refractivity contribution >= 4 is 5.78 Å². The molecule has 3 saturated carbocycles. The second-order valence-electron chi connectivity index (χ2n) is 9.57. The van der Waals surface area contributed by atoms with Crippen LogP contribution in [-0.4, -0.2) is 27.7 Å². The number of aliphatic hydroxyl groups is 2. The van der Waals surface area contributed by atoms with Crippen molar-refractivity contribution in [3.8, 4) is 0 Å². The maximum Gasteiger partial charge on any atom is 0.161 e. The molecule has 134 valence electrons. The number of Topliss-reactive ketones (excluding diaryl/α,β-unsaturated/α-hetero) is 1. The van der Waals surface area contributed by atoms with Gasteiger partial charge in [0.15, 0.2) is 5.78 Å². The zero-order chi connectivity index (χ0) is 17.3. The highest BCUT2D eigenvalue weighted by Gasteiger charge is 2.65. The van der Waals surface area contributed by atoms with Gasteiger partial charge in [0.2, 0.25) is 0 Å². The van der Waals surface area contributed by atoms with Crippen LogP contribution in [0.3, 0.4) is 0 Å². The third-order valence-corrected chi connectivity index (χ3v) is 8.81. The molecule has 3 fully saturated rings. The van der Waals surface area contributed by atoms with Gasteiger partial charge >= 0.3 is 0 Å². The van der Waals surface area contributed by atoms with E-state index in [0.29, 0.717) is 24.2 Å². The summed E-state index contributed by atoms with van der Waals surface area (Å²) in [5.74, 6) is 1.65. The van der Waals surface area contributed by atoms with Gasteiger partial charge in [-0.3, -0.25) is 4.79 Å². The van der Waals surface area contributed by atoms with Crippen LogP contribution in [0.2, 0.25) is 0 Å². The highest BCUT2D eigenvalue weighted by atomic mass is 16.3. The summed E-state index contributed by atoms with van der Waals surface area (Å²) in [6.07, 6.45) is 9.84. The van der Waals surface area contributed by atoms with E-state index >= 15 is 0 Å². The Hall–Kier alpha value is -0.670. The minimum Gasteiger partial charge on any atom is -0.393 e. The Kier molecular flexibility index (Phi) is 3.61. The monoisotopic (exact) mass is 332 g/mol. The van der Waals surface area contributed by atoms with Gasteiger partial charge in [0.05, 0.1) is 6.10 Å². The first kappa shape index (κ1) is 16.8. The zero-order valence-electron chi connectivity index (χ0n) is 15.3. The molecule has 7 atom stereocenters. The Labute approximate surface area is 145 Å².